The number of nitrogens with one attached hydrogen (secondary N) is 2. The van der Waals surface area contributed by atoms with Gasteiger partial charge in [0.1, 0.15) is 5.69 Å². The summed E-state index contributed by atoms with van der Waals surface area (Å²) in [5.41, 5.74) is 0.808. The first kappa shape index (κ1) is 26.2. The quantitative estimate of drug-likeness (QED) is 0.391. The van der Waals surface area contributed by atoms with Gasteiger partial charge in [0.25, 0.3) is 15.7 Å². The van der Waals surface area contributed by atoms with Gasteiger partial charge in [-0.1, -0.05) is 12.1 Å². The number of carboxylic acid groups (broad SMARTS) is 1. The molecule has 0 saturated heterocycles. The highest BCUT2D eigenvalue weighted by Gasteiger charge is 2.25. The van der Waals surface area contributed by atoms with Crippen LogP contribution in [0, 0.1) is 0 Å². The van der Waals surface area contributed by atoms with E-state index in [0.717, 1.165) is 30.0 Å². The van der Waals surface area contributed by atoms with Crippen molar-refractivity contribution in [1.82, 2.24) is 10.3 Å². The third-order valence-corrected chi connectivity index (χ3v) is 6.55. The van der Waals surface area contributed by atoms with Crippen molar-refractivity contribution in [2.75, 3.05) is 26.1 Å². The molecule has 0 spiro atoms. The van der Waals surface area contributed by atoms with Crippen LogP contribution in [-0.2, 0) is 16.3 Å². The average molecular weight is 514 g/mol. The van der Waals surface area contributed by atoms with Gasteiger partial charge in [-0.3, -0.25) is 9.59 Å². The number of hydrogen-bond acceptors (Lipinski definition) is 8. The van der Waals surface area contributed by atoms with E-state index in [0.29, 0.717) is 24.5 Å². The molecule has 11 nitrogen and oxygen atoms in total. The molecular formula is C24H23N3O8S. The van der Waals surface area contributed by atoms with Gasteiger partial charge in [-0.2, -0.15) is 0 Å². The first-order valence-electron chi connectivity index (χ1n) is 10.5. The third-order valence-electron chi connectivity index (χ3n) is 5.06. The molecule has 0 atom stereocenters. The predicted molar refractivity (Wildman–Crippen MR) is 129 cm³/mol. The number of benzene rings is 2. The maximum atomic E-state index is 12.6. The molecule has 188 valence electrons. The Kier molecular flexibility index (Phi) is 8.22. The largest absolute Gasteiger partial charge is 0.493 e. The van der Waals surface area contributed by atoms with Crippen molar-refractivity contribution >= 4 is 32.6 Å². The molecule has 0 fully saturated rings. The lowest BCUT2D eigenvalue weighted by atomic mass is 10.1. The molecule has 0 bridgehead atoms. The first-order valence-corrected chi connectivity index (χ1v) is 12.0. The van der Waals surface area contributed by atoms with Gasteiger partial charge in [0.2, 0.25) is 0 Å². The van der Waals surface area contributed by atoms with Crippen LogP contribution in [0.5, 0.6) is 11.5 Å². The minimum absolute atomic E-state index is 0.0113. The summed E-state index contributed by atoms with van der Waals surface area (Å²) < 4.78 is 35.8. The molecule has 3 aromatic rings. The van der Waals surface area contributed by atoms with Gasteiger partial charge >= 0.3 is 11.2 Å². The van der Waals surface area contributed by atoms with Crippen LogP contribution in [0.25, 0.3) is 0 Å². The van der Waals surface area contributed by atoms with Crippen molar-refractivity contribution in [1.29, 1.82) is 0 Å². The number of carboxylic acids is 1. The normalized spacial score (nSPS) is 10.8. The Morgan fingerprint density at radius 1 is 0.972 bits per heavy atom. The maximum Gasteiger partial charge on any atom is 0.354 e. The van der Waals surface area contributed by atoms with E-state index in [2.05, 4.69) is 15.6 Å². The number of nitrogens with zero attached hydrogens (tertiary/aromatic N) is 1. The van der Waals surface area contributed by atoms with E-state index in [9.17, 15) is 22.8 Å². The van der Waals surface area contributed by atoms with E-state index < -0.39 is 27.0 Å². The number of ether oxygens (including phenoxy) is 2. The Hall–Kier alpha value is -4.45. The van der Waals surface area contributed by atoms with Crippen LogP contribution in [0.15, 0.2) is 65.7 Å². The molecule has 1 heterocycles. The highest BCUT2D eigenvalue weighted by atomic mass is 32.2. The standard InChI is InChI=1S/C24H23N3O8S/c1-34-20-5-3-4-15(21(20)35-2)12-13-25-22(28)16-6-9-18(10-7-16)36(32,33)24(31)27-17-8-11-19(23(29)30)26-14-17/h3-11,14H,12-13H2,1-2H3,(H,25,28)(H,27,31)(H,29,30). The summed E-state index contributed by atoms with van der Waals surface area (Å²) in [7, 11) is -1.36. The zero-order valence-corrected chi connectivity index (χ0v) is 20.2. The monoisotopic (exact) mass is 513 g/mol. The van der Waals surface area contributed by atoms with Crippen LogP contribution < -0.4 is 20.1 Å². The van der Waals surface area contributed by atoms with Crippen molar-refractivity contribution in [2.24, 2.45) is 0 Å². The van der Waals surface area contributed by atoms with E-state index in [1.54, 1.807) is 6.07 Å². The molecule has 3 rings (SSSR count). The van der Waals surface area contributed by atoms with Crippen molar-refractivity contribution in [3.8, 4) is 11.5 Å². The maximum absolute atomic E-state index is 12.6. The van der Waals surface area contributed by atoms with Crippen molar-refractivity contribution in [2.45, 2.75) is 11.3 Å². The lowest BCUT2D eigenvalue weighted by molar-refractivity contribution is 0.0690. The Morgan fingerprint density at radius 2 is 1.69 bits per heavy atom. The summed E-state index contributed by atoms with van der Waals surface area (Å²) in [4.78, 5) is 38.9. The third kappa shape index (κ3) is 5.96. The van der Waals surface area contributed by atoms with Crippen LogP contribution in [0.2, 0.25) is 0 Å². The van der Waals surface area contributed by atoms with E-state index >= 15 is 0 Å². The number of anilines is 1. The van der Waals surface area contributed by atoms with Crippen molar-refractivity contribution in [3.05, 3.63) is 77.6 Å². The number of aromatic nitrogens is 1. The molecule has 12 heteroatoms. The molecule has 3 N–H and O–H groups in total. The van der Waals surface area contributed by atoms with Gasteiger partial charge in [-0.05, 0) is 54.4 Å². The Bertz CT molecular complexity index is 1370. The number of para-hydroxylation sites is 1. The number of methoxy groups -OCH3 is 2. The molecule has 0 aliphatic heterocycles. The molecule has 0 radical (unpaired) electrons. The van der Waals surface area contributed by atoms with Crippen molar-refractivity contribution < 1.29 is 37.4 Å². The molecular weight excluding hydrogens is 490 g/mol. The lowest BCUT2D eigenvalue weighted by Gasteiger charge is -2.13. The molecule has 2 amide bonds. The second-order valence-electron chi connectivity index (χ2n) is 7.34. The summed E-state index contributed by atoms with van der Waals surface area (Å²) in [5, 5.41) is 12.4. The minimum Gasteiger partial charge on any atom is -0.493 e. The minimum atomic E-state index is -4.42. The topological polar surface area (TPSA) is 161 Å². The first-order chi connectivity index (χ1) is 17.2. The number of sulfone groups is 1. The van der Waals surface area contributed by atoms with Crippen LogP contribution in [0.3, 0.4) is 0 Å². The van der Waals surface area contributed by atoms with Gasteiger partial charge in [0, 0.05) is 12.1 Å². The molecule has 0 aliphatic rings. The smallest absolute Gasteiger partial charge is 0.354 e. The fourth-order valence-corrected chi connectivity index (χ4v) is 4.20. The van der Waals surface area contributed by atoms with Gasteiger partial charge in [0.05, 0.1) is 31.0 Å². The zero-order chi connectivity index (χ0) is 26.3. The lowest BCUT2D eigenvalue weighted by Crippen LogP contribution is -2.26. The Balaban J connectivity index is 1.61. The summed E-state index contributed by atoms with van der Waals surface area (Å²) in [6, 6.07) is 12.7. The zero-order valence-electron chi connectivity index (χ0n) is 19.3. The van der Waals surface area contributed by atoms with Crippen LogP contribution >= 0.6 is 0 Å². The van der Waals surface area contributed by atoms with Gasteiger partial charge < -0.3 is 25.2 Å². The van der Waals surface area contributed by atoms with E-state index in [1.165, 1.54) is 32.4 Å². The van der Waals surface area contributed by atoms with E-state index in [4.69, 9.17) is 14.6 Å². The number of hydrogen-bond donors (Lipinski definition) is 3. The fourth-order valence-electron chi connectivity index (χ4n) is 3.24. The molecule has 0 aliphatic carbocycles. The average Bonchev–Trinajstić information content (AvgIpc) is 2.88. The van der Waals surface area contributed by atoms with Crippen LogP contribution in [-0.4, -0.2) is 56.4 Å². The summed E-state index contributed by atoms with van der Waals surface area (Å²) >= 11 is 0. The summed E-state index contributed by atoms with van der Waals surface area (Å²) in [6.07, 6.45) is 1.51. The van der Waals surface area contributed by atoms with Gasteiger partial charge in [0.15, 0.2) is 11.5 Å². The number of carbonyl (C=O) groups excluding carboxylic acids is 2. The second-order valence-corrected chi connectivity index (χ2v) is 9.19. The predicted octanol–water partition coefficient (Wildman–Crippen LogP) is 2.78. The van der Waals surface area contributed by atoms with Gasteiger partial charge in [-0.25, -0.2) is 18.2 Å². The SMILES string of the molecule is COc1cccc(CCNC(=O)c2ccc(S(=O)(=O)C(=O)Nc3ccc(C(=O)O)nc3)cc2)c1OC. The molecule has 1 aromatic heterocycles. The van der Waals surface area contributed by atoms with Gasteiger partial charge in [-0.15, -0.1) is 0 Å². The van der Waals surface area contributed by atoms with E-state index in [1.807, 2.05) is 12.1 Å². The fraction of sp³-hybridized carbons (Fsp3) is 0.167. The summed E-state index contributed by atoms with van der Waals surface area (Å²) in [5.74, 6) is -0.522. The number of rotatable bonds is 9. The van der Waals surface area contributed by atoms with Crippen LogP contribution in [0.1, 0.15) is 26.4 Å². The number of aromatic carboxylic acids is 1. The van der Waals surface area contributed by atoms with Crippen molar-refractivity contribution in [3.63, 3.8) is 0 Å². The Morgan fingerprint density at radius 3 is 2.28 bits per heavy atom. The molecule has 0 saturated carbocycles. The molecule has 2 aromatic carbocycles. The van der Waals surface area contributed by atoms with Crippen LogP contribution in [0.4, 0.5) is 10.5 Å². The highest BCUT2D eigenvalue weighted by molar-refractivity contribution is 8.06. The molecule has 36 heavy (non-hydrogen) atoms. The Labute approximate surface area is 207 Å². The number of amides is 2. The number of carbonyl (C=O) groups is 3. The highest BCUT2D eigenvalue weighted by Crippen LogP contribution is 2.30. The van der Waals surface area contributed by atoms with E-state index in [-0.39, 0.29) is 21.8 Å². The summed E-state index contributed by atoms with van der Waals surface area (Å²) in [6.45, 7) is 0.291. The molecule has 0 unspecified atom stereocenters. The number of pyridine rings is 1. The second kappa shape index (κ2) is 11.3.